The van der Waals surface area contributed by atoms with Crippen molar-refractivity contribution < 1.29 is 4.74 Å². The fourth-order valence-electron chi connectivity index (χ4n) is 2.02. The molecule has 2 rings (SSSR count). The molecule has 1 atom stereocenters. The zero-order valence-electron chi connectivity index (χ0n) is 10.5. The number of nitrogens with zero attached hydrogens (tertiary/aromatic N) is 1. The van der Waals surface area contributed by atoms with E-state index in [0.29, 0.717) is 6.61 Å². The molecule has 0 N–H and O–H groups in total. The van der Waals surface area contributed by atoms with E-state index in [0.717, 1.165) is 12.3 Å². The molecule has 1 aromatic rings. The third-order valence-corrected chi connectivity index (χ3v) is 2.89. The van der Waals surface area contributed by atoms with Crippen LogP contribution in [0.2, 0.25) is 0 Å². The molecule has 2 nitrogen and oxygen atoms in total. The Hall–Kier alpha value is -1.57. The van der Waals surface area contributed by atoms with Crippen molar-refractivity contribution in [2.45, 2.75) is 31.7 Å². The van der Waals surface area contributed by atoms with Gasteiger partial charge in [-0.1, -0.05) is 36.4 Å². The molecule has 1 aliphatic rings. The summed E-state index contributed by atoms with van der Waals surface area (Å²) >= 11 is 0. The van der Waals surface area contributed by atoms with Gasteiger partial charge in [-0.15, -0.1) is 6.58 Å². The molecule has 0 saturated carbocycles. The predicted molar refractivity (Wildman–Crippen MR) is 71.5 cm³/mol. The SMILES string of the molecule is C=CCC(C1=NC(C)(C)CO1)c1ccccc1. The maximum Gasteiger partial charge on any atom is 0.192 e. The molecule has 1 aliphatic heterocycles. The lowest BCUT2D eigenvalue weighted by molar-refractivity contribution is 0.271. The molecule has 90 valence electrons. The van der Waals surface area contributed by atoms with Gasteiger partial charge in [-0.3, -0.25) is 0 Å². The molecule has 0 aromatic heterocycles. The van der Waals surface area contributed by atoms with Crippen LogP contribution < -0.4 is 0 Å². The monoisotopic (exact) mass is 229 g/mol. The highest BCUT2D eigenvalue weighted by molar-refractivity contribution is 5.85. The largest absolute Gasteiger partial charge is 0.478 e. The Kier molecular flexibility index (Phi) is 3.32. The summed E-state index contributed by atoms with van der Waals surface area (Å²) in [7, 11) is 0. The summed E-state index contributed by atoms with van der Waals surface area (Å²) in [6.45, 7) is 8.68. The molecule has 0 spiro atoms. The van der Waals surface area contributed by atoms with Crippen LogP contribution in [-0.2, 0) is 4.74 Å². The molecule has 1 aromatic carbocycles. The number of ether oxygens (including phenoxy) is 1. The molecule has 1 heterocycles. The first-order chi connectivity index (χ1) is 8.12. The highest BCUT2D eigenvalue weighted by Gasteiger charge is 2.30. The summed E-state index contributed by atoms with van der Waals surface area (Å²) in [4.78, 5) is 4.66. The summed E-state index contributed by atoms with van der Waals surface area (Å²) in [5, 5.41) is 0. The van der Waals surface area contributed by atoms with Crippen LogP contribution in [0, 0.1) is 0 Å². The van der Waals surface area contributed by atoms with E-state index in [1.807, 2.05) is 24.3 Å². The highest BCUT2D eigenvalue weighted by Crippen LogP contribution is 2.28. The van der Waals surface area contributed by atoms with Crippen LogP contribution in [-0.4, -0.2) is 18.0 Å². The predicted octanol–water partition coefficient (Wildman–Crippen LogP) is 3.55. The van der Waals surface area contributed by atoms with E-state index in [-0.39, 0.29) is 11.5 Å². The fraction of sp³-hybridized carbons (Fsp3) is 0.400. The standard InChI is InChI=1S/C15H19NO/c1-4-8-13(12-9-6-5-7-10-12)14-16-15(2,3)11-17-14/h4-7,9-10,13H,1,8,11H2,2-3H3. The van der Waals surface area contributed by atoms with Gasteiger partial charge in [0.15, 0.2) is 5.90 Å². The Morgan fingerprint density at radius 1 is 1.41 bits per heavy atom. The lowest BCUT2D eigenvalue weighted by Gasteiger charge is -2.14. The van der Waals surface area contributed by atoms with Crippen LogP contribution in [0.15, 0.2) is 48.0 Å². The van der Waals surface area contributed by atoms with Crippen LogP contribution in [0.3, 0.4) is 0 Å². The van der Waals surface area contributed by atoms with Gasteiger partial charge in [0.2, 0.25) is 0 Å². The zero-order valence-corrected chi connectivity index (χ0v) is 10.5. The first kappa shape index (κ1) is 11.9. The zero-order chi connectivity index (χ0) is 12.3. The van der Waals surface area contributed by atoms with Gasteiger partial charge in [0.1, 0.15) is 6.61 Å². The van der Waals surface area contributed by atoms with Gasteiger partial charge < -0.3 is 4.74 Å². The normalized spacial score (nSPS) is 19.3. The number of rotatable bonds is 4. The smallest absolute Gasteiger partial charge is 0.192 e. The second-order valence-corrected chi connectivity index (χ2v) is 5.04. The van der Waals surface area contributed by atoms with Gasteiger partial charge in [0.05, 0.1) is 11.5 Å². The van der Waals surface area contributed by atoms with Crippen molar-refractivity contribution >= 4 is 5.90 Å². The Bertz CT molecular complexity index is 420. The number of hydrogen-bond acceptors (Lipinski definition) is 2. The second-order valence-electron chi connectivity index (χ2n) is 5.04. The van der Waals surface area contributed by atoms with E-state index in [4.69, 9.17) is 4.74 Å². The Morgan fingerprint density at radius 2 is 2.12 bits per heavy atom. The minimum atomic E-state index is -0.0937. The maximum absolute atomic E-state index is 5.74. The molecule has 0 saturated heterocycles. The van der Waals surface area contributed by atoms with Crippen LogP contribution in [0.5, 0.6) is 0 Å². The quantitative estimate of drug-likeness (QED) is 0.723. The first-order valence-electron chi connectivity index (χ1n) is 6.01. The summed E-state index contributed by atoms with van der Waals surface area (Å²) in [6, 6.07) is 10.4. The minimum absolute atomic E-state index is 0.0937. The van der Waals surface area contributed by atoms with Crippen molar-refractivity contribution in [3.05, 3.63) is 48.6 Å². The van der Waals surface area contributed by atoms with E-state index in [9.17, 15) is 0 Å². The van der Waals surface area contributed by atoms with E-state index in [2.05, 4.69) is 37.6 Å². The molecule has 0 amide bonds. The van der Waals surface area contributed by atoms with Crippen molar-refractivity contribution in [3.63, 3.8) is 0 Å². The van der Waals surface area contributed by atoms with Gasteiger partial charge >= 0.3 is 0 Å². The van der Waals surface area contributed by atoms with Crippen LogP contribution in [0.25, 0.3) is 0 Å². The van der Waals surface area contributed by atoms with Crippen molar-refractivity contribution in [1.29, 1.82) is 0 Å². The molecule has 17 heavy (non-hydrogen) atoms. The van der Waals surface area contributed by atoms with Crippen LogP contribution in [0.4, 0.5) is 0 Å². The molecule has 0 radical (unpaired) electrons. The molecule has 0 aliphatic carbocycles. The van der Waals surface area contributed by atoms with Gasteiger partial charge in [-0.25, -0.2) is 4.99 Å². The number of allylic oxidation sites excluding steroid dienone is 1. The summed E-state index contributed by atoms with van der Waals surface area (Å²) in [5.74, 6) is 1.05. The number of benzene rings is 1. The van der Waals surface area contributed by atoms with Gasteiger partial charge in [0, 0.05) is 0 Å². The Labute approximate surface area is 103 Å². The molecule has 0 bridgehead atoms. The summed E-state index contributed by atoms with van der Waals surface area (Å²) in [6.07, 6.45) is 2.79. The topological polar surface area (TPSA) is 21.6 Å². The minimum Gasteiger partial charge on any atom is -0.478 e. The highest BCUT2D eigenvalue weighted by atomic mass is 16.5. The average Bonchev–Trinajstić information content (AvgIpc) is 2.67. The number of hydrogen-bond donors (Lipinski definition) is 0. The summed E-state index contributed by atoms with van der Waals surface area (Å²) < 4.78 is 5.74. The lowest BCUT2D eigenvalue weighted by Crippen LogP contribution is -2.17. The van der Waals surface area contributed by atoms with Crippen LogP contribution >= 0.6 is 0 Å². The van der Waals surface area contributed by atoms with E-state index >= 15 is 0 Å². The van der Waals surface area contributed by atoms with Crippen molar-refractivity contribution in [2.24, 2.45) is 4.99 Å². The van der Waals surface area contributed by atoms with E-state index in [1.54, 1.807) is 0 Å². The summed E-state index contributed by atoms with van der Waals surface area (Å²) in [5.41, 5.74) is 1.15. The van der Waals surface area contributed by atoms with Crippen molar-refractivity contribution in [1.82, 2.24) is 0 Å². The van der Waals surface area contributed by atoms with E-state index < -0.39 is 0 Å². The first-order valence-corrected chi connectivity index (χ1v) is 6.01. The third-order valence-electron chi connectivity index (χ3n) is 2.89. The van der Waals surface area contributed by atoms with Gasteiger partial charge in [-0.2, -0.15) is 0 Å². The second kappa shape index (κ2) is 4.74. The molecular weight excluding hydrogens is 210 g/mol. The van der Waals surface area contributed by atoms with Gasteiger partial charge in [-0.05, 0) is 25.8 Å². The van der Waals surface area contributed by atoms with Crippen molar-refractivity contribution in [3.8, 4) is 0 Å². The van der Waals surface area contributed by atoms with Crippen LogP contribution in [0.1, 0.15) is 31.7 Å². The Balaban J connectivity index is 2.28. The van der Waals surface area contributed by atoms with Gasteiger partial charge in [0.25, 0.3) is 0 Å². The van der Waals surface area contributed by atoms with Crippen molar-refractivity contribution in [2.75, 3.05) is 6.61 Å². The van der Waals surface area contributed by atoms with E-state index in [1.165, 1.54) is 5.56 Å². The molecular formula is C15H19NO. The number of aliphatic imine (C=N–C) groups is 1. The fourth-order valence-corrected chi connectivity index (χ4v) is 2.02. The average molecular weight is 229 g/mol. The third kappa shape index (κ3) is 2.76. The lowest BCUT2D eigenvalue weighted by atomic mass is 9.95. The molecule has 0 fully saturated rings. The molecule has 1 unspecified atom stereocenters. The maximum atomic E-state index is 5.74. The Morgan fingerprint density at radius 3 is 2.65 bits per heavy atom. The molecule has 2 heteroatoms.